The van der Waals surface area contributed by atoms with Crippen LogP contribution in [0.25, 0.3) is 0 Å². The first kappa shape index (κ1) is 13.6. The zero-order valence-corrected chi connectivity index (χ0v) is 10.5. The van der Waals surface area contributed by atoms with Gasteiger partial charge in [-0.05, 0) is 37.5 Å². The van der Waals surface area contributed by atoms with Crippen molar-refractivity contribution in [3.8, 4) is 11.5 Å². The first-order valence-corrected chi connectivity index (χ1v) is 5.73. The Labute approximate surface area is 103 Å². The molecule has 0 fully saturated rings. The van der Waals surface area contributed by atoms with Crippen LogP contribution >= 0.6 is 0 Å². The van der Waals surface area contributed by atoms with Crippen LogP contribution < -0.4 is 9.47 Å². The number of hydrogen-bond acceptors (Lipinski definition) is 3. The Morgan fingerprint density at radius 2 is 2.12 bits per heavy atom. The van der Waals surface area contributed by atoms with Crippen LogP contribution in [-0.4, -0.2) is 19.3 Å². The zero-order chi connectivity index (χ0) is 12.7. The summed E-state index contributed by atoms with van der Waals surface area (Å²) in [6.07, 6.45) is 3.83. The van der Waals surface area contributed by atoms with Gasteiger partial charge in [0.05, 0.1) is 20.3 Å². The van der Waals surface area contributed by atoms with Crippen LogP contribution in [0.4, 0.5) is 0 Å². The molecule has 0 spiro atoms. The highest BCUT2D eigenvalue weighted by atomic mass is 16.5. The highest BCUT2D eigenvalue weighted by Gasteiger charge is 2.13. The van der Waals surface area contributed by atoms with E-state index < -0.39 is 6.10 Å². The third-order valence-corrected chi connectivity index (χ3v) is 2.68. The first-order valence-electron chi connectivity index (χ1n) is 5.73. The maximum absolute atomic E-state index is 10.1. The summed E-state index contributed by atoms with van der Waals surface area (Å²) in [7, 11) is 3.21. The van der Waals surface area contributed by atoms with Crippen molar-refractivity contribution in [2.75, 3.05) is 14.2 Å². The molecule has 3 heteroatoms. The van der Waals surface area contributed by atoms with E-state index in [1.54, 1.807) is 14.2 Å². The van der Waals surface area contributed by atoms with Gasteiger partial charge in [-0.3, -0.25) is 0 Å². The lowest BCUT2D eigenvalue weighted by Gasteiger charge is -2.15. The van der Waals surface area contributed by atoms with E-state index in [0.29, 0.717) is 12.2 Å². The summed E-state index contributed by atoms with van der Waals surface area (Å²) in [4.78, 5) is 0. The summed E-state index contributed by atoms with van der Waals surface area (Å²) >= 11 is 0. The largest absolute Gasteiger partial charge is 0.497 e. The average molecular weight is 236 g/mol. The lowest BCUT2D eigenvalue weighted by Crippen LogP contribution is -2.01. The molecule has 0 radical (unpaired) electrons. The fraction of sp³-hybridized carbons (Fsp3) is 0.429. The summed E-state index contributed by atoms with van der Waals surface area (Å²) in [5.41, 5.74) is 0.774. The predicted octanol–water partition coefficient (Wildman–Crippen LogP) is 3.09. The second kappa shape index (κ2) is 6.97. The van der Waals surface area contributed by atoms with Crippen molar-refractivity contribution in [3.63, 3.8) is 0 Å². The molecule has 0 saturated carbocycles. The minimum absolute atomic E-state index is 0.528. The summed E-state index contributed by atoms with van der Waals surface area (Å²) < 4.78 is 10.4. The zero-order valence-electron chi connectivity index (χ0n) is 10.5. The summed E-state index contributed by atoms with van der Waals surface area (Å²) in [5, 5.41) is 10.1. The maximum Gasteiger partial charge on any atom is 0.124 e. The van der Waals surface area contributed by atoms with Gasteiger partial charge in [-0.1, -0.05) is 6.08 Å². The van der Waals surface area contributed by atoms with Crippen LogP contribution in [0.2, 0.25) is 0 Å². The molecule has 1 unspecified atom stereocenters. The van der Waals surface area contributed by atoms with E-state index in [1.807, 2.05) is 24.3 Å². The van der Waals surface area contributed by atoms with Crippen LogP contribution in [0.1, 0.15) is 30.9 Å². The molecule has 1 N–H and O–H groups in total. The Morgan fingerprint density at radius 1 is 1.35 bits per heavy atom. The molecule has 0 saturated heterocycles. The maximum atomic E-state index is 10.1. The van der Waals surface area contributed by atoms with Crippen LogP contribution in [0.3, 0.4) is 0 Å². The number of allylic oxidation sites excluding steroid dienone is 1. The van der Waals surface area contributed by atoms with Gasteiger partial charge < -0.3 is 14.6 Å². The fourth-order valence-corrected chi connectivity index (χ4v) is 1.71. The Morgan fingerprint density at radius 3 is 2.71 bits per heavy atom. The minimum Gasteiger partial charge on any atom is -0.497 e. The molecule has 0 aliphatic rings. The van der Waals surface area contributed by atoms with Gasteiger partial charge in [0.25, 0.3) is 0 Å². The van der Waals surface area contributed by atoms with E-state index in [2.05, 4.69) is 6.58 Å². The van der Waals surface area contributed by atoms with E-state index in [1.165, 1.54) is 0 Å². The molecule has 1 rings (SSSR count). The van der Waals surface area contributed by atoms with Gasteiger partial charge in [-0.25, -0.2) is 0 Å². The third-order valence-electron chi connectivity index (χ3n) is 2.68. The number of benzene rings is 1. The first-order chi connectivity index (χ1) is 8.22. The number of aliphatic hydroxyl groups excluding tert-OH is 1. The molecule has 0 amide bonds. The molecule has 1 aromatic carbocycles. The highest BCUT2D eigenvalue weighted by Crippen LogP contribution is 2.31. The van der Waals surface area contributed by atoms with Gasteiger partial charge in [-0.2, -0.15) is 0 Å². The van der Waals surface area contributed by atoms with Crippen LogP contribution in [-0.2, 0) is 0 Å². The van der Waals surface area contributed by atoms with Gasteiger partial charge >= 0.3 is 0 Å². The molecule has 0 aliphatic heterocycles. The molecular weight excluding hydrogens is 216 g/mol. The van der Waals surface area contributed by atoms with Crippen LogP contribution in [0.15, 0.2) is 30.9 Å². The predicted molar refractivity (Wildman–Crippen MR) is 68.6 cm³/mol. The Hall–Kier alpha value is -1.48. The van der Waals surface area contributed by atoms with Crippen molar-refractivity contribution in [1.29, 1.82) is 0 Å². The quantitative estimate of drug-likeness (QED) is 0.584. The summed E-state index contributed by atoms with van der Waals surface area (Å²) in [5.74, 6) is 1.42. The average Bonchev–Trinajstić information content (AvgIpc) is 2.38. The number of unbranched alkanes of at least 4 members (excludes halogenated alkanes) is 1. The van der Waals surface area contributed by atoms with Crippen molar-refractivity contribution < 1.29 is 14.6 Å². The van der Waals surface area contributed by atoms with E-state index in [0.717, 1.165) is 24.2 Å². The number of hydrogen-bond donors (Lipinski definition) is 1. The van der Waals surface area contributed by atoms with Crippen LogP contribution in [0, 0.1) is 0 Å². The lowest BCUT2D eigenvalue weighted by atomic mass is 10.0. The molecule has 3 nitrogen and oxygen atoms in total. The molecule has 1 aromatic rings. The molecule has 94 valence electrons. The van der Waals surface area contributed by atoms with Gasteiger partial charge in [0.1, 0.15) is 11.5 Å². The third kappa shape index (κ3) is 3.79. The Kier molecular flexibility index (Phi) is 5.57. The van der Waals surface area contributed by atoms with Gasteiger partial charge in [0.2, 0.25) is 0 Å². The minimum atomic E-state index is -0.528. The second-order valence-electron chi connectivity index (χ2n) is 3.84. The molecule has 0 bridgehead atoms. The normalized spacial score (nSPS) is 11.9. The second-order valence-corrected chi connectivity index (χ2v) is 3.84. The number of ether oxygens (including phenoxy) is 2. The van der Waals surface area contributed by atoms with Crippen molar-refractivity contribution in [3.05, 3.63) is 36.4 Å². The van der Waals surface area contributed by atoms with Crippen LogP contribution in [0.5, 0.6) is 11.5 Å². The monoisotopic (exact) mass is 236 g/mol. The standard InChI is InChI=1S/C14H20O3/c1-4-5-6-7-13(15)12-10-11(16-2)8-9-14(12)17-3/h4,8-10,13,15H,1,5-7H2,2-3H3. The molecule has 0 aliphatic carbocycles. The van der Waals surface area contributed by atoms with Crippen molar-refractivity contribution >= 4 is 0 Å². The number of methoxy groups -OCH3 is 2. The molecule has 17 heavy (non-hydrogen) atoms. The van der Waals surface area contributed by atoms with Crippen molar-refractivity contribution in [2.24, 2.45) is 0 Å². The number of rotatable bonds is 7. The highest BCUT2D eigenvalue weighted by molar-refractivity contribution is 5.41. The Bertz CT molecular complexity index is 360. The van der Waals surface area contributed by atoms with Crippen molar-refractivity contribution in [2.45, 2.75) is 25.4 Å². The summed E-state index contributed by atoms with van der Waals surface area (Å²) in [6.45, 7) is 3.67. The SMILES string of the molecule is C=CCCCC(O)c1cc(OC)ccc1OC. The van der Waals surface area contributed by atoms with E-state index in [-0.39, 0.29) is 0 Å². The smallest absolute Gasteiger partial charge is 0.124 e. The van der Waals surface area contributed by atoms with E-state index in [9.17, 15) is 5.11 Å². The topological polar surface area (TPSA) is 38.7 Å². The molecule has 0 aromatic heterocycles. The Balaban J connectivity index is 2.81. The van der Waals surface area contributed by atoms with E-state index in [4.69, 9.17) is 9.47 Å². The lowest BCUT2D eigenvalue weighted by molar-refractivity contribution is 0.160. The molecule has 0 heterocycles. The van der Waals surface area contributed by atoms with Gasteiger partial charge in [0, 0.05) is 5.56 Å². The molecular formula is C14H20O3. The van der Waals surface area contributed by atoms with Crippen molar-refractivity contribution in [1.82, 2.24) is 0 Å². The molecule has 1 atom stereocenters. The summed E-state index contributed by atoms with van der Waals surface area (Å²) in [6, 6.07) is 5.45. The fourth-order valence-electron chi connectivity index (χ4n) is 1.71. The number of aliphatic hydroxyl groups is 1. The van der Waals surface area contributed by atoms with Gasteiger partial charge in [-0.15, -0.1) is 6.58 Å². The van der Waals surface area contributed by atoms with Gasteiger partial charge in [0.15, 0.2) is 0 Å². The van der Waals surface area contributed by atoms with E-state index >= 15 is 0 Å².